The van der Waals surface area contributed by atoms with E-state index in [0.29, 0.717) is 248 Å². The van der Waals surface area contributed by atoms with Crippen LogP contribution in [0.1, 0.15) is 96.7 Å². The Morgan fingerprint density at radius 1 is 0.409 bits per heavy atom. The van der Waals surface area contributed by atoms with Crippen LogP contribution in [-0.4, -0.2) is 317 Å². The number of likely N-dealkylation sites (tertiary alicyclic amines) is 3. The summed E-state index contributed by atoms with van der Waals surface area (Å²) in [7, 11) is 0. The summed E-state index contributed by atoms with van der Waals surface area (Å²) in [6.45, 7) is 29.7. The van der Waals surface area contributed by atoms with Gasteiger partial charge in [0.2, 0.25) is 0 Å². The fourth-order valence-electron chi connectivity index (χ4n) is 22.2. The fourth-order valence-corrected chi connectivity index (χ4v) is 22.2. The van der Waals surface area contributed by atoms with Crippen molar-refractivity contribution in [1.29, 1.82) is 0 Å². The largest absolute Gasteiger partial charge is 0.504 e. The molecule has 0 radical (unpaired) electrons. The second-order valence-corrected chi connectivity index (χ2v) is 32.5. The van der Waals surface area contributed by atoms with Gasteiger partial charge in [-0.15, -0.1) is 19.7 Å². The van der Waals surface area contributed by atoms with E-state index in [0.717, 1.165) is 85.6 Å². The van der Waals surface area contributed by atoms with Crippen LogP contribution in [0.4, 0.5) is 0 Å². The molecule has 3 saturated heterocycles. The number of phenolic OH excluding ortho intramolecular Hbond substituents is 2. The maximum atomic E-state index is 12.7. The van der Waals surface area contributed by atoms with Gasteiger partial charge in [-0.3, -0.25) is 14.7 Å². The Labute approximate surface area is 648 Å². The van der Waals surface area contributed by atoms with Crippen molar-refractivity contribution < 1.29 is 106 Å². The van der Waals surface area contributed by atoms with Gasteiger partial charge in [0.25, 0.3) is 0 Å². The molecule has 3 spiro atoms. The van der Waals surface area contributed by atoms with Gasteiger partial charge in [0, 0.05) is 66.8 Å². The van der Waals surface area contributed by atoms with Gasteiger partial charge in [-0.05, 0) is 138 Å². The molecule has 8 unspecified atom stereocenters. The first-order valence-electron chi connectivity index (χ1n) is 41.0. The quantitative estimate of drug-likeness (QED) is 0.0319. The SMILES string of the molecule is C=CCN1CC[C@]23c4c5ccc(C)c4O[C@H]2C(OCCOCCOCCOCCOCCOCCOCCOCC(COCCOCCOC2CC[C@@]4(O)C6Cc7ccc(O)c8c7[C@@]4(CCN6CC=C)C2O8)COCCOCCO[C@H]2CC[C@@]4(O)C6Cc7ccc(O)c8c7[C@@]4(CCN6CC=C)C2O8)CC[C@@]3(O)C(C5)C1. The Morgan fingerprint density at radius 2 is 0.745 bits per heavy atom. The van der Waals surface area contributed by atoms with Crippen molar-refractivity contribution in [2.45, 2.75) is 166 Å². The van der Waals surface area contributed by atoms with E-state index in [1.54, 1.807) is 12.1 Å². The normalized spacial score (nSPS) is 32.6. The summed E-state index contributed by atoms with van der Waals surface area (Å²) in [6.07, 6.45) is 12.3. The first-order chi connectivity index (χ1) is 53.8. The molecule has 5 N–H and O–H groups in total. The summed E-state index contributed by atoms with van der Waals surface area (Å²) in [5.41, 5.74) is 3.11. The number of piperidine rings is 2. The lowest BCUT2D eigenvalue weighted by molar-refractivity contribution is -0.215. The molecule has 6 bridgehead atoms. The number of aryl methyl sites for hydroxylation is 1. The van der Waals surface area contributed by atoms with Crippen molar-refractivity contribution in [3.05, 3.63) is 113 Å². The third-order valence-electron chi connectivity index (χ3n) is 26.8. The van der Waals surface area contributed by atoms with E-state index in [1.165, 1.54) is 11.1 Å². The minimum atomic E-state index is -1.02. The number of hydrogen-bond donors (Lipinski definition) is 5. The topological polar surface area (TPSA) is 268 Å². The minimum absolute atomic E-state index is 0.0798. The zero-order valence-corrected chi connectivity index (χ0v) is 64.7. The van der Waals surface area contributed by atoms with E-state index < -0.39 is 45.3 Å². The average Bonchev–Trinajstić information content (AvgIpc) is 1.42. The van der Waals surface area contributed by atoms with E-state index in [2.05, 4.69) is 53.5 Å². The maximum absolute atomic E-state index is 12.7. The number of rotatable bonds is 48. The van der Waals surface area contributed by atoms with Gasteiger partial charge in [0.15, 0.2) is 23.0 Å². The predicted molar refractivity (Wildman–Crippen MR) is 406 cm³/mol. The van der Waals surface area contributed by atoms with Gasteiger partial charge >= 0.3 is 0 Å². The van der Waals surface area contributed by atoms with Crippen LogP contribution < -0.4 is 14.2 Å². The zero-order valence-electron chi connectivity index (χ0n) is 64.7. The second-order valence-electron chi connectivity index (χ2n) is 32.5. The van der Waals surface area contributed by atoms with E-state index in [4.69, 9.17) is 80.5 Å². The third kappa shape index (κ3) is 14.9. The average molecular weight is 1540 g/mol. The standard InChI is InChI=1S/C85H121N3O22/c1-5-23-86-26-20-80-71-60-9-8-58(4)74(71)108-77(80)66(14-17-83(80,91)63(51-60)54-86)105-48-45-99-38-37-97-34-33-95-30-29-94-31-32-96-35-36-98-39-42-102-55-59(56-103-43-40-100-46-49-106-67-15-18-84(92)69-52-61-10-12-64(89)75-72(61)81(84,78(67)109-75)21-27-87(69)24-6-2)57-104-44-41-101-47-50-107-68-16-19-85(93)70-53-62-11-13-65(90)76-73(62)82(85,79(68)110-76)22-28-88(70)25-7-3/h5-13,59,63,66-70,77-79,89-93H,1-3,14-57H2,4H3/t59?,63?,66?,67-,68?,69?,70?,77-,78?,79?,80-,81-,82-,83+,84+,85+/m0/s1. The number of benzene rings is 3. The van der Waals surface area contributed by atoms with Crippen LogP contribution in [0.15, 0.2) is 74.4 Å². The van der Waals surface area contributed by atoms with Gasteiger partial charge in [0.05, 0.1) is 217 Å². The van der Waals surface area contributed by atoms with Crippen LogP contribution in [0.3, 0.4) is 0 Å². The van der Waals surface area contributed by atoms with Crippen molar-refractivity contribution in [2.75, 3.05) is 211 Å². The molecule has 25 nitrogen and oxygen atoms in total. The summed E-state index contributed by atoms with van der Waals surface area (Å²) in [6, 6.07) is 11.7. The molecule has 15 rings (SSSR count). The number of aromatic hydroxyl groups is 2. The van der Waals surface area contributed by atoms with Crippen LogP contribution in [0, 0.1) is 18.8 Å². The molecule has 6 fully saturated rings. The van der Waals surface area contributed by atoms with Gasteiger partial charge in [-0.25, -0.2) is 0 Å². The Kier molecular flexibility index (Phi) is 26.0. The van der Waals surface area contributed by atoms with Gasteiger partial charge in [0.1, 0.15) is 24.1 Å². The van der Waals surface area contributed by atoms with Gasteiger partial charge < -0.3 is 106 Å². The van der Waals surface area contributed by atoms with Crippen LogP contribution >= 0.6 is 0 Å². The molecule has 3 aromatic carbocycles. The molecule has 0 aromatic heterocycles. The smallest absolute Gasteiger partial charge is 0.165 e. The summed E-state index contributed by atoms with van der Waals surface area (Å²) in [5, 5.41) is 60.3. The lowest BCUT2D eigenvalue weighted by Gasteiger charge is -2.64. The third-order valence-corrected chi connectivity index (χ3v) is 26.8. The Hall–Kier alpha value is -4.92. The second kappa shape index (κ2) is 35.7. The fraction of sp³-hybridized carbons (Fsp3) is 0.718. The van der Waals surface area contributed by atoms with Crippen molar-refractivity contribution >= 4 is 0 Å². The van der Waals surface area contributed by atoms with E-state index >= 15 is 0 Å². The van der Waals surface area contributed by atoms with Gasteiger partial charge in [-0.2, -0.15) is 0 Å². The molecule has 110 heavy (non-hydrogen) atoms. The van der Waals surface area contributed by atoms with Crippen LogP contribution in [0.5, 0.6) is 28.7 Å². The highest BCUT2D eigenvalue weighted by molar-refractivity contribution is 5.65. The highest BCUT2D eigenvalue weighted by Gasteiger charge is 2.76. The first kappa shape index (κ1) is 80.3. The molecular weight excluding hydrogens is 1410 g/mol. The molecule has 6 heterocycles. The van der Waals surface area contributed by atoms with E-state index in [-0.39, 0.29) is 59.8 Å². The summed E-state index contributed by atoms with van der Waals surface area (Å²) in [5.74, 6) is 2.20. The number of hydrogen-bond acceptors (Lipinski definition) is 25. The van der Waals surface area contributed by atoms with Crippen molar-refractivity contribution in [3.8, 4) is 28.7 Å². The summed E-state index contributed by atoms with van der Waals surface area (Å²) >= 11 is 0. The monoisotopic (exact) mass is 1540 g/mol. The highest BCUT2D eigenvalue weighted by Crippen LogP contribution is 2.69. The number of nitrogens with zero attached hydrogens (tertiary/aromatic N) is 3. The van der Waals surface area contributed by atoms with Crippen LogP contribution in [0.2, 0.25) is 0 Å². The molecular formula is C85H121N3O22. The van der Waals surface area contributed by atoms with Crippen molar-refractivity contribution in [1.82, 2.24) is 14.7 Å². The molecule has 608 valence electrons. The molecule has 3 aromatic rings. The molecule has 6 aliphatic heterocycles. The Morgan fingerprint density at radius 3 is 1.15 bits per heavy atom. The van der Waals surface area contributed by atoms with Crippen molar-refractivity contribution in [2.24, 2.45) is 11.8 Å². The summed E-state index contributed by atoms with van der Waals surface area (Å²) in [4.78, 5) is 7.14. The highest BCUT2D eigenvalue weighted by atomic mass is 16.6. The molecule has 6 aliphatic carbocycles. The molecule has 0 amide bonds. The lowest BCUT2D eigenvalue weighted by Crippen LogP contribution is -2.77. The first-order valence-corrected chi connectivity index (χ1v) is 41.0. The van der Waals surface area contributed by atoms with E-state index in [1.807, 2.05) is 30.4 Å². The lowest BCUT2D eigenvalue weighted by atomic mass is 9.48. The minimum Gasteiger partial charge on any atom is -0.504 e. The predicted octanol–water partition coefficient (Wildman–Crippen LogP) is 6.03. The number of phenols is 2. The van der Waals surface area contributed by atoms with Gasteiger partial charge in [-0.1, -0.05) is 42.5 Å². The summed E-state index contributed by atoms with van der Waals surface area (Å²) < 4.78 is 105. The van der Waals surface area contributed by atoms with Crippen LogP contribution in [0.25, 0.3) is 0 Å². The number of ether oxygens (including phenoxy) is 17. The molecule has 3 saturated carbocycles. The molecule has 16 atom stereocenters. The number of aliphatic hydroxyl groups is 3. The van der Waals surface area contributed by atoms with E-state index in [9.17, 15) is 25.5 Å². The Bertz CT molecular complexity index is 3470. The zero-order chi connectivity index (χ0) is 75.9. The maximum Gasteiger partial charge on any atom is 0.165 e. The van der Waals surface area contributed by atoms with Crippen LogP contribution in [-0.2, 0) is 102 Å². The molecule has 12 aliphatic rings. The molecule has 25 heteroatoms. The van der Waals surface area contributed by atoms with Crippen molar-refractivity contribution in [3.63, 3.8) is 0 Å². The Balaban J connectivity index is 0.427.